The molecule has 0 heterocycles. The Morgan fingerprint density at radius 1 is 1.05 bits per heavy atom. The van der Waals surface area contributed by atoms with Crippen molar-refractivity contribution in [1.82, 2.24) is 5.32 Å². The van der Waals surface area contributed by atoms with Crippen LogP contribution in [0.3, 0.4) is 0 Å². The van der Waals surface area contributed by atoms with Crippen molar-refractivity contribution in [2.45, 2.75) is 45.4 Å². The normalized spacial score (nSPS) is 10.2. The molecule has 0 bridgehead atoms. The van der Waals surface area contributed by atoms with Crippen molar-refractivity contribution >= 4 is 11.7 Å². The number of carbonyl (C=O) groups excluding carboxylic acids is 1. The first kappa shape index (κ1) is 15.5. The van der Waals surface area contributed by atoms with Crippen LogP contribution in [-0.4, -0.2) is 12.6 Å². The van der Waals surface area contributed by atoms with Crippen molar-refractivity contribution in [2.75, 3.05) is 11.9 Å². The van der Waals surface area contributed by atoms with Crippen LogP contribution in [0, 0.1) is 5.82 Å². The molecular formula is C15H23FN2O. The molecule has 0 atom stereocenters. The summed E-state index contributed by atoms with van der Waals surface area (Å²) >= 11 is 0. The Hall–Kier alpha value is -1.58. The number of carbonyl (C=O) groups is 1. The Morgan fingerprint density at radius 3 is 2.37 bits per heavy atom. The summed E-state index contributed by atoms with van der Waals surface area (Å²) in [6.07, 6.45) is 7.20. The fourth-order valence-electron chi connectivity index (χ4n) is 1.82. The SMILES string of the molecule is CCCCCCCCNC(=O)Nc1ccc(F)cc1. The van der Waals surface area contributed by atoms with Crippen LogP contribution >= 0.6 is 0 Å². The number of hydrogen-bond acceptors (Lipinski definition) is 1. The van der Waals surface area contributed by atoms with E-state index in [2.05, 4.69) is 17.6 Å². The van der Waals surface area contributed by atoms with E-state index < -0.39 is 0 Å². The topological polar surface area (TPSA) is 41.1 Å². The number of unbranched alkanes of at least 4 members (excludes halogenated alkanes) is 5. The Balaban J connectivity index is 2.06. The molecular weight excluding hydrogens is 243 g/mol. The van der Waals surface area contributed by atoms with Gasteiger partial charge in [-0.1, -0.05) is 39.0 Å². The molecule has 0 radical (unpaired) electrons. The average Bonchev–Trinajstić information content (AvgIpc) is 2.40. The van der Waals surface area contributed by atoms with Crippen LogP contribution in [-0.2, 0) is 0 Å². The molecule has 0 saturated heterocycles. The monoisotopic (exact) mass is 266 g/mol. The molecule has 19 heavy (non-hydrogen) atoms. The molecule has 2 N–H and O–H groups in total. The van der Waals surface area contributed by atoms with Gasteiger partial charge in [-0.05, 0) is 30.7 Å². The largest absolute Gasteiger partial charge is 0.338 e. The van der Waals surface area contributed by atoms with Gasteiger partial charge in [-0.25, -0.2) is 9.18 Å². The maximum absolute atomic E-state index is 12.7. The van der Waals surface area contributed by atoms with Gasteiger partial charge in [0, 0.05) is 12.2 Å². The highest BCUT2D eigenvalue weighted by atomic mass is 19.1. The molecule has 0 saturated carbocycles. The molecule has 0 fully saturated rings. The Kier molecular flexibility index (Phi) is 7.63. The highest BCUT2D eigenvalue weighted by Gasteiger charge is 2.00. The first-order valence-corrected chi connectivity index (χ1v) is 7.03. The van der Waals surface area contributed by atoms with Crippen LogP contribution in [0.15, 0.2) is 24.3 Å². The van der Waals surface area contributed by atoms with Gasteiger partial charge < -0.3 is 10.6 Å². The number of amides is 2. The van der Waals surface area contributed by atoms with Crippen molar-refractivity contribution in [3.63, 3.8) is 0 Å². The lowest BCUT2D eigenvalue weighted by Crippen LogP contribution is -2.29. The van der Waals surface area contributed by atoms with E-state index in [0.29, 0.717) is 12.2 Å². The summed E-state index contributed by atoms with van der Waals surface area (Å²) in [4.78, 5) is 11.5. The van der Waals surface area contributed by atoms with Crippen molar-refractivity contribution < 1.29 is 9.18 Å². The second kappa shape index (κ2) is 9.36. The second-order valence-corrected chi connectivity index (χ2v) is 4.66. The highest BCUT2D eigenvalue weighted by Crippen LogP contribution is 2.08. The zero-order chi connectivity index (χ0) is 13.9. The molecule has 0 spiro atoms. The van der Waals surface area contributed by atoms with Gasteiger partial charge in [-0.15, -0.1) is 0 Å². The molecule has 0 unspecified atom stereocenters. The maximum atomic E-state index is 12.7. The third-order valence-electron chi connectivity index (χ3n) is 2.92. The van der Waals surface area contributed by atoms with Gasteiger partial charge in [-0.3, -0.25) is 0 Å². The van der Waals surface area contributed by atoms with Crippen molar-refractivity contribution in [2.24, 2.45) is 0 Å². The molecule has 1 rings (SSSR count). The molecule has 0 aliphatic carbocycles. The van der Waals surface area contributed by atoms with Crippen LogP contribution < -0.4 is 10.6 Å². The molecule has 0 aliphatic heterocycles. The fourth-order valence-corrected chi connectivity index (χ4v) is 1.82. The molecule has 1 aromatic rings. The molecule has 106 valence electrons. The van der Waals surface area contributed by atoms with Crippen LogP contribution in [0.1, 0.15) is 45.4 Å². The summed E-state index contributed by atoms with van der Waals surface area (Å²) in [6, 6.07) is 5.49. The van der Waals surface area contributed by atoms with E-state index in [1.807, 2.05) is 0 Å². The summed E-state index contributed by atoms with van der Waals surface area (Å²) < 4.78 is 12.7. The minimum atomic E-state index is -0.307. The fraction of sp³-hybridized carbons (Fsp3) is 0.533. The van der Waals surface area contributed by atoms with Gasteiger partial charge in [0.25, 0.3) is 0 Å². The maximum Gasteiger partial charge on any atom is 0.319 e. The van der Waals surface area contributed by atoms with E-state index in [4.69, 9.17) is 0 Å². The van der Waals surface area contributed by atoms with E-state index in [1.165, 1.54) is 37.8 Å². The molecule has 0 aromatic heterocycles. The van der Waals surface area contributed by atoms with Crippen LogP contribution in [0.2, 0.25) is 0 Å². The third-order valence-corrected chi connectivity index (χ3v) is 2.92. The summed E-state index contributed by atoms with van der Waals surface area (Å²) in [5.74, 6) is -0.307. The first-order chi connectivity index (χ1) is 9.22. The van der Waals surface area contributed by atoms with Crippen molar-refractivity contribution in [1.29, 1.82) is 0 Å². The Morgan fingerprint density at radius 2 is 1.68 bits per heavy atom. The molecule has 0 aliphatic rings. The number of hydrogen-bond donors (Lipinski definition) is 2. The number of benzene rings is 1. The van der Waals surface area contributed by atoms with Crippen LogP contribution in [0.25, 0.3) is 0 Å². The standard InChI is InChI=1S/C15H23FN2O/c1-2-3-4-5-6-7-12-17-15(19)18-14-10-8-13(16)9-11-14/h8-11H,2-7,12H2,1H3,(H2,17,18,19). The summed E-state index contributed by atoms with van der Waals surface area (Å²) in [6.45, 7) is 2.88. The Labute approximate surface area is 114 Å². The minimum absolute atomic E-state index is 0.236. The minimum Gasteiger partial charge on any atom is -0.338 e. The number of halogens is 1. The smallest absolute Gasteiger partial charge is 0.319 e. The second-order valence-electron chi connectivity index (χ2n) is 4.66. The predicted molar refractivity (Wildman–Crippen MR) is 76.8 cm³/mol. The highest BCUT2D eigenvalue weighted by molar-refractivity contribution is 5.89. The molecule has 2 amide bonds. The lowest BCUT2D eigenvalue weighted by atomic mass is 10.1. The summed E-state index contributed by atoms with van der Waals surface area (Å²) in [5.41, 5.74) is 0.599. The zero-order valence-corrected chi connectivity index (χ0v) is 11.5. The third kappa shape index (κ3) is 7.44. The number of rotatable bonds is 8. The molecule has 4 heteroatoms. The van der Waals surface area contributed by atoms with E-state index >= 15 is 0 Å². The molecule has 3 nitrogen and oxygen atoms in total. The van der Waals surface area contributed by atoms with E-state index in [1.54, 1.807) is 12.1 Å². The van der Waals surface area contributed by atoms with Crippen molar-refractivity contribution in [3.05, 3.63) is 30.1 Å². The van der Waals surface area contributed by atoms with Gasteiger partial charge in [0.1, 0.15) is 5.82 Å². The number of urea groups is 1. The van der Waals surface area contributed by atoms with Gasteiger partial charge in [-0.2, -0.15) is 0 Å². The molecule has 1 aromatic carbocycles. The van der Waals surface area contributed by atoms with E-state index in [9.17, 15) is 9.18 Å². The zero-order valence-electron chi connectivity index (χ0n) is 11.5. The van der Waals surface area contributed by atoms with Gasteiger partial charge in [0.15, 0.2) is 0 Å². The number of anilines is 1. The van der Waals surface area contributed by atoms with Gasteiger partial charge in [0.05, 0.1) is 0 Å². The summed E-state index contributed by atoms with van der Waals surface area (Å²) in [5, 5.41) is 5.46. The first-order valence-electron chi connectivity index (χ1n) is 7.03. The lowest BCUT2D eigenvalue weighted by molar-refractivity contribution is 0.252. The quantitative estimate of drug-likeness (QED) is 0.676. The van der Waals surface area contributed by atoms with Crippen molar-refractivity contribution in [3.8, 4) is 0 Å². The van der Waals surface area contributed by atoms with Crippen LogP contribution in [0.4, 0.5) is 14.9 Å². The van der Waals surface area contributed by atoms with E-state index in [-0.39, 0.29) is 11.8 Å². The van der Waals surface area contributed by atoms with E-state index in [0.717, 1.165) is 12.8 Å². The summed E-state index contributed by atoms with van der Waals surface area (Å²) in [7, 11) is 0. The predicted octanol–water partition coefficient (Wildman–Crippen LogP) is 4.31. The van der Waals surface area contributed by atoms with Gasteiger partial charge >= 0.3 is 6.03 Å². The Bertz CT molecular complexity index is 365. The lowest BCUT2D eigenvalue weighted by Gasteiger charge is -2.07. The van der Waals surface area contributed by atoms with Gasteiger partial charge in [0.2, 0.25) is 0 Å². The average molecular weight is 266 g/mol. The number of nitrogens with one attached hydrogen (secondary N) is 2. The van der Waals surface area contributed by atoms with Crippen LogP contribution in [0.5, 0.6) is 0 Å².